The van der Waals surface area contributed by atoms with Crippen LogP contribution in [0.15, 0.2) is 53.4 Å². The van der Waals surface area contributed by atoms with Gasteiger partial charge in [0, 0.05) is 17.6 Å². The summed E-state index contributed by atoms with van der Waals surface area (Å²) in [5.41, 5.74) is 0.00145. The molecule has 0 unspecified atom stereocenters. The van der Waals surface area contributed by atoms with E-state index >= 15 is 0 Å². The van der Waals surface area contributed by atoms with E-state index in [4.69, 9.17) is 11.6 Å². The maximum Gasteiger partial charge on any atom is 0.290 e. The summed E-state index contributed by atoms with van der Waals surface area (Å²) in [5, 5.41) is 11.1. The zero-order valence-electron chi connectivity index (χ0n) is 14.0. The van der Waals surface area contributed by atoms with E-state index in [2.05, 4.69) is 4.72 Å². The SMILES string of the molecule is O=[N+]([O-])c1cc(Cl)ccc1S(=O)(=O)NCCCS(=O)(=O)Cc1ccccc1. The molecule has 0 saturated carbocycles. The van der Waals surface area contributed by atoms with E-state index in [0.717, 1.165) is 12.1 Å². The number of hydrogen-bond acceptors (Lipinski definition) is 6. The van der Waals surface area contributed by atoms with Gasteiger partial charge in [-0.3, -0.25) is 10.1 Å². The highest BCUT2D eigenvalue weighted by molar-refractivity contribution is 7.90. The third kappa shape index (κ3) is 6.28. The summed E-state index contributed by atoms with van der Waals surface area (Å²) in [5.74, 6) is -0.351. The zero-order valence-corrected chi connectivity index (χ0v) is 16.4. The number of nitrogens with one attached hydrogen (secondary N) is 1. The Morgan fingerprint density at radius 1 is 1.04 bits per heavy atom. The molecular formula is C16H17ClN2O6S2. The molecule has 0 bridgehead atoms. The number of rotatable bonds is 9. The van der Waals surface area contributed by atoms with Crippen LogP contribution < -0.4 is 4.72 Å². The first-order valence-corrected chi connectivity index (χ1v) is 11.5. The summed E-state index contributed by atoms with van der Waals surface area (Å²) in [4.78, 5) is 9.66. The Bertz CT molecular complexity index is 1020. The molecule has 0 spiro atoms. The Labute approximate surface area is 162 Å². The molecule has 2 aromatic carbocycles. The van der Waals surface area contributed by atoms with Crippen LogP contribution in [-0.4, -0.2) is 34.1 Å². The monoisotopic (exact) mass is 432 g/mol. The Kier molecular flexibility index (Phi) is 6.93. The van der Waals surface area contributed by atoms with Crippen molar-refractivity contribution in [3.8, 4) is 0 Å². The minimum absolute atomic E-state index is 0.0349. The van der Waals surface area contributed by atoms with Gasteiger partial charge in [-0.25, -0.2) is 21.6 Å². The fourth-order valence-corrected chi connectivity index (χ4v) is 5.16. The molecule has 146 valence electrons. The van der Waals surface area contributed by atoms with Gasteiger partial charge in [-0.05, 0) is 24.1 Å². The first-order valence-electron chi connectivity index (χ1n) is 7.79. The van der Waals surface area contributed by atoms with E-state index in [0.29, 0.717) is 5.56 Å². The molecule has 0 radical (unpaired) electrons. The van der Waals surface area contributed by atoms with E-state index in [1.165, 1.54) is 6.07 Å². The lowest BCUT2D eigenvalue weighted by Gasteiger charge is -2.08. The van der Waals surface area contributed by atoms with Crippen LogP contribution >= 0.6 is 11.6 Å². The number of hydrogen-bond donors (Lipinski definition) is 1. The van der Waals surface area contributed by atoms with Gasteiger partial charge >= 0.3 is 0 Å². The van der Waals surface area contributed by atoms with Crippen molar-refractivity contribution in [2.24, 2.45) is 0 Å². The molecule has 0 amide bonds. The van der Waals surface area contributed by atoms with Crippen LogP contribution in [0.3, 0.4) is 0 Å². The molecule has 0 aromatic heterocycles. The first-order chi connectivity index (χ1) is 12.6. The first kappa shape index (κ1) is 21.3. The lowest BCUT2D eigenvalue weighted by molar-refractivity contribution is -0.387. The van der Waals surface area contributed by atoms with E-state index in [1.807, 2.05) is 0 Å². The van der Waals surface area contributed by atoms with Crippen molar-refractivity contribution >= 4 is 37.1 Å². The number of halogens is 1. The van der Waals surface area contributed by atoms with Crippen LogP contribution in [0.25, 0.3) is 0 Å². The average molecular weight is 433 g/mol. The Balaban J connectivity index is 1.97. The lowest BCUT2D eigenvalue weighted by Crippen LogP contribution is -2.27. The molecule has 11 heteroatoms. The summed E-state index contributed by atoms with van der Waals surface area (Å²) in [6.45, 7) is -0.171. The number of sulfone groups is 1. The number of nitrogens with zero attached hydrogens (tertiary/aromatic N) is 1. The molecule has 0 heterocycles. The Morgan fingerprint density at radius 2 is 1.70 bits per heavy atom. The van der Waals surface area contributed by atoms with Crippen LogP contribution in [0.4, 0.5) is 5.69 Å². The average Bonchev–Trinajstić information content (AvgIpc) is 2.59. The van der Waals surface area contributed by atoms with Crippen molar-refractivity contribution in [3.63, 3.8) is 0 Å². The molecule has 8 nitrogen and oxygen atoms in total. The lowest BCUT2D eigenvalue weighted by atomic mass is 10.2. The molecule has 0 aliphatic heterocycles. The summed E-state index contributed by atoms with van der Waals surface area (Å²) in [7, 11) is -7.58. The van der Waals surface area contributed by atoms with E-state index < -0.39 is 35.4 Å². The van der Waals surface area contributed by atoms with Crippen molar-refractivity contribution in [3.05, 3.63) is 69.2 Å². The van der Waals surface area contributed by atoms with E-state index in [9.17, 15) is 26.9 Å². The Morgan fingerprint density at radius 3 is 2.33 bits per heavy atom. The summed E-state index contributed by atoms with van der Waals surface area (Å²) >= 11 is 5.67. The fourth-order valence-electron chi connectivity index (χ4n) is 2.34. The van der Waals surface area contributed by atoms with Gasteiger partial charge < -0.3 is 0 Å². The number of nitro groups is 1. The second kappa shape index (κ2) is 8.79. The summed E-state index contributed by atoms with van der Waals surface area (Å²) in [6.07, 6.45) is 0.0375. The quantitative estimate of drug-likeness (QED) is 0.369. The number of nitro benzene ring substituents is 1. The maximum atomic E-state index is 12.3. The second-order valence-corrected chi connectivity index (χ2v) is 10.1. The van der Waals surface area contributed by atoms with Gasteiger partial charge in [0.05, 0.1) is 16.4 Å². The normalized spacial score (nSPS) is 12.0. The van der Waals surface area contributed by atoms with Gasteiger partial charge in [0.1, 0.15) is 0 Å². The standard InChI is InChI=1S/C16H17ClN2O6S2/c17-14-7-8-16(15(11-14)19(20)21)27(24,25)18-9-4-10-26(22,23)12-13-5-2-1-3-6-13/h1-3,5-8,11,18H,4,9-10,12H2. The highest BCUT2D eigenvalue weighted by Gasteiger charge is 2.25. The molecule has 0 aliphatic rings. The molecular weight excluding hydrogens is 416 g/mol. The van der Waals surface area contributed by atoms with Gasteiger partial charge in [-0.15, -0.1) is 0 Å². The molecule has 27 heavy (non-hydrogen) atoms. The molecule has 0 atom stereocenters. The molecule has 2 rings (SSSR count). The largest absolute Gasteiger partial charge is 0.290 e. The third-order valence-corrected chi connectivity index (χ3v) is 6.99. The van der Waals surface area contributed by atoms with Crippen molar-refractivity contribution in [1.29, 1.82) is 0 Å². The molecule has 0 aliphatic carbocycles. The van der Waals surface area contributed by atoms with Crippen LogP contribution in [-0.2, 0) is 25.6 Å². The fraction of sp³-hybridized carbons (Fsp3) is 0.250. The van der Waals surface area contributed by atoms with Crippen molar-refractivity contribution in [1.82, 2.24) is 4.72 Å². The Hall–Kier alpha value is -2.01. The molecule has 0 fully saturated rings. The van der Waals surface area contributed by atoms with E-state index in [1.54, 1.807) is 30.3 Å². The molecule has 1 N–H and O–H groups in total. The number of benzene rings is 2. The van der Waals surface area contributed by atoms with Crippen molar-refractivity contribution < 1.29 is 21.8 Å². The van der Waals surface area contributed by atoms with E-state index in [-0.39, 0.29) is 29.5 Å². The van der Waals surface area contributed by atoms with Crippen LogP contribution in [0.5, 0.6) is 0 Å². The third-order valence-electron chi connectivity index (χ3n) is 3.56. The summed E-state index contributed by atoms with van der Waals surface area (Å²) in [6, 6.07) is 11.8. The van der Waals surface area contributed by atoms with Crippen LogP contribution in [0.2, 0.25) is 5.02 Å². The van der Waals surface area contributed by atoms with Gasteiger partial charge in [0.25, 0.3) is 5.69 Å². The number of sulfonamides is 1. The summed E-state index contributed by atoms with van der Waals surface area (Å²) < 4.78 is 50.9. The predicted octanol–water partition coefficient (Wildman–Crippen LogP) is 2.53. The topological polar surface area (TPSA) is 123 Å². The smallest absolute Gasteiger partial charge is 0.258 e. The molecule has 0 saturated heterocycles. The maximum absolute atomic E-state index is 12.3. The predicted molar refractivity (Wildman–Crippen MR) is 102 cm³/mol. The molecule has 2 aromatic rings. The van der Waals surface area contributed by atoms with Crippen LogP contribution in [0.1, 0.15) is 12.0 Å². The minimum atomic E-state index is -4.17. The van der Waals surface area contributed by atoms with Gasteiger partial charge in [0.2, 0.25) is 10.0 Å². The highest BCUT2D eigenvalue weighted by Crippen LogP contribution is 2.26. The highest BCUT2D eigenvalue weighted by atomic mass is 35.5. The zero-order chi connectivity index (χ0) is 20.1. The van der Waals surface area contributed by atoms with Gasteiger partial charge in [-0.2, -0.15) is 0 Å². The van der Waals surface area contributed by atoms with Crippen LogP contribution in [0, 0.1) is 10.1 Å². The minimum Gasteiger partial charge on any atom is -0.258 e. The van der Waals surface area contributed by atoms with Gasteiger partial charge in [0.15, 0.2) is 14.7 Å². The van der Waals surface area contributed by atoms with Gasteiger partial charge in [-0.1, -0.05) is 41.9 Å². The van der Waals surface area contributed by atoms with Crippen molar-refractivity contribution in [2.45, 2.75) is 17.1 Å². The second-order valence-electron chi connectivity index (χ2n) is 5.70. The van der Waals surface area contributed by atoms with Crippen molar-refractivity contribution in [2.75, 3.05) is 12.3 Å².